The largest absolute Gasteiger partial charge is 0.383 e. The minimum absolute atomic E-state index is 0.200. The molecule has 0 saturated heterocycles. The molecule has 1 rings (SSSR count). The number of methoxy groups -OCH3 is 1. The first-order valence-corrected chi connectivity index (χ1v) is 6.63. The Balaban J connectivity index is 2.28. The highest BCUT2D eigenvalue weighted by atomic mass is 32.1. The summed E-state index contributed by atoms with van der Waals surface area (Å²) in [5.41, 5.74) is 4.14. The van der Waals surface area contributed by atoms with Crippen molar-refractivity contribution in [2.45, 2.75) is 45.6 Å². The van der Waals surface area contributed by atoms with Crippen LogP contribution in [0.4, 0.5) is 0 Å². The van der Waals surface area contributed by atoms with Crippen molar-refractivity contribution in [2.24, 2.45) is 11.0 Å². The molecule has 2 atom stereocenters. The molecule has 0 aromatic heterocycles. The van der Waals surface area contributed by atoms with Gasteiger partial charge in [0, 0.05) is 18.9 Å². The van der Waals surface area contributed by atoms with E-state index >= 15 is 0 Å². The Morgan fingerprint density at radius 1 is 1.65 bits per heavy atom. The van der Waals surface area contributed by atoms with E-state index in [0.29, 0.717) is 11.7 Å². The second-order valence-electron chi connectivity index (χ2n) is 4.82. The summed E-state index contributed by atoms with van der Waals surface area (Å²) in [4.78, 5) is 0. The second kappa shape index (κ2) is 7.61. The highest BCUT2D eigenvalue weighted by Crippen LogP contribution is 2.20. The molecule has 1 aliphatic carbocycles. The van der Waals surface area contributed by atoms with Gasteiger partial charge in [-0.05, 0) is 50.7 Å². The van der Waals surface area contributed by atoms with Gasteiger partial charge in [-0.2, -0.15) is 5.10 Å². The lowest BCUT2D eigenvalue weighted by Crippen LogP contribution is -2.41. The third-order valence-corrected chi connectivity index (χ3v) is 3.07. The van der Waals surface area contributed by atoms with Gasteiger partial charge in [-0.1, -0.05) is 6.92 Å². The van der Waals surface area contributed by atoms with Crippen LogP contribution in [0, 0.1) is 5.92 Å². The van der Waals surface area contributed by atoms with Gasteiger partial charge < -0.3 is 10.1 Å². The van der Waals surface area contributed by atoms with Crippen molar-refractivity contribution in [1.82, 2.24) is 10.7 Å². The Morgan fingerprint density at radius 2 is 2.41 bits per heavy atom. The first-order valence-electron chi connectivity index (χ1n) is 6.22. The van der Waals surface area contributed by atoms with Gasteiger partial charge in [-0.25, -0.2) is 0 Å². The molecule has 1 aliphatic rings. The molecule has 17 heavy (non-hydrogen) atoms. The summed E-state index contributed by atoms with van der Waals surface area (Å²) in [6, 6.07) is 0.200. The van der Waals surface area contributed by atoms with E-state index in [1.807, 2.05) is 6.92 Å². The monoisotopic (exact) mass is 257 g/mol. The molecule has 0 unspecified atom stereocenters. The fourth-order valence-electron chi connectivity index (χ4n) is 2.04. The van der Waals surface area contributed by atoms with Crippen molar-refractivity contribution < 1.29 is 4.74 Å². The zero-order valence-electron chi connectivity index (χ0n) is 11.0. The summed E-state index contributed by atoms with van der Waals surface area (Å²) >= 11 is 5.16. The molecule has 0 radical (unpaired) electrons. The molecule has 0 bridgehead atoms. The molecule has 0 heterocycles. The van der Waals surface area contributed by atoms with Crippen molar-refractivity contribution >= 4 is 23.0 Å². The molecule has 0 aromatic rings. The van der Waals surface area contributed by atoms with Gasteiger partial charge in [-0.3, -0.25) is 5.43 Å². The molecule has 0 aliphatic heterocycles. The standard InChI is InChI=1S/C12H23N3OS/c1-9-5-4-6-11(7-9)14-15-12(17)13-10(2)8-16-3/h9-10H,4-8H2,1-3H3,(H2,13,15,17)/b14-11-/t9-,10+/m0/s1. The van der Waals surface area contributed by atoms with Gasteiger partial charge >= 0.3 is 0 Å². The molecule has 98 valence electrons. The number of hydrogen-bond donors (Lipinski definition) is 2. The van der Waals surface area contributed by atoms with Crippen molar-refractivity contribution in [2.75, 3.05) is 13.7 Å². The van der Waals surface area contributed by atoms with Crippen molar-refractivity contribution in [3.8, 4) is 0 Å². The minimum atomic E-state index is 0.200. The van der Waals surface area contributed by atoms with Crippen LogP contribution in [0.25, 0.3) is 0 Å². The van der Waals surface area contributed by atoms with Gasteiger partial charge in [0.25, 0.3) is 0 Å². The van der Waals surface area contributed by atoms with Crippen LogP contribution in [0.15, 0.2) is 5.10 Å². The van der Waals surface area contributed by atoms with Gasteiger partial charge in [-0.15, -0.1) is 0 Å². The predicted molar refractivity (Wildman–Crippen MR) is 75.3 cm³/mol. The number of thiocarbonyl (C=S) groups is 1. The Bertz CT molecular complexity index is 281. The molecular formula is C12H23N3OS. The quantitative estimate of drug-likeness (QED) is 0.598. The zero-order valence-corrected chi connectivity index (χ0v) is 11.8. The van der Waals surface area contributed by atoms with Crippen LogP contribution >= 0.6 is 12.2 Å². The maximum atomic E-state index is 5.16. The number of hydrogen-bond acceptors (Lipinski definition) is 3. The fraction of sp³-hybridized carbons (Fsp3) is 0.833. The molecule has 5 heteroatoms. The maximum absolute atomic E-state index is 5.16. The van der Waals surface area contributed by atoms with E-state index in [0.717, 1.165) is 18.8 Å². The van der Waals surface area contributed by atoms with Crippen LogP contribution in [-0.4, -0.2) is 30.6 Å². The van der Waals surface area contributed by atoms with Crippen LogP contribution in [0.2, 0.25) is 0 Å². The second-order valence-corrected chi connectivity index (χ2v) is 5.23. The van der Waals surface area contributed by atoms with Crippen molar-refractivity contribution in [3.63, 3.8) is 0 Å². The van der Waals surface area contributed by atoms with E-state index in [2.05, 4.69) is 22.8 Å². The van der Waals surface area contributed by atoms with Gasteiger partial charge in [0.1, 0.15) is 0 Å². The topological polar surface area (TPSA) is 45.6 Å². The third-order valence-electron chi connectivity index (χ3n) is 2.86. The van der Waals surface area contributed by atoms with Gasteiger partial charge in [0.05, 0.1) is 6.61 Å². The minimum Gasteiger partial charge on any atom is -0.383 e. The Hall–Kier alpha value is -0.680. The number of ether oxygens (including phenoxy) is 1. The normalized spacial score (nSPS) is 24.4. The number of hydrazone groups is 1. The lowest BCUT2D eigenvalue weighted by Gasteiger charge is -2.20. The highest BCUT2D eigenvalue weighted by Gasteiger charge is 2.14. The van der Waals surface area contributed by atoms with E-state index in [1.165, 1.54) is 18.6 Å². The van der Waals surface area contributed by atoms with E-state index in [4.69, 9.17) is 17.0 Å². The average Bonchev–Trinajstić information content (AvgIpc) is 2.27. The summed E-state index contributed by atoms with van der Waals surface area (Å²) in [7, 11) is 1.68. The third kappa shape index (κ3) is 5.98. The molecule has 0 amide bonds. The zero-order chi connectivity index (χ0) is 12.7. The molecule has 4 nitrogen and oxygen atoms in total. The first kappa shape index (κ1) is 14.4. The number of nitrogens with zero attached hydrogens (tertiary/aromatic N) is 1. The molecule has 0 aromatic carbocycles. The number of nitrogens with one attached hydrogen (secondary N) is 2. The summed E-state index contributed by atoms with van der Waals surface area (Å²) in [6.45, 7) is 4.93. The van der Waals surface area contributed by atoms with Crippen LogP contribution in [0.3, 0.4) is 0 Å². The summed E-state index contributed by atoms with van der Waals surface area (Å²) in [5, 5.41) is 8.06. The summed E-state index contributed by atoms with van der Waals surface area (Å²) < 4.78 is 5.03. The summed E-state index contributed by atoms with van der Waals surface area (Å²) in [6.07, 6.45) is 4.73. The molecule has 1 saturated carbocycles. The highest BCUT2D eigenvalue weighted by molar-refractivity contribution is 7.80. The smallest absolute Gasteiger partial charge is 0.187 e. The molecule has 1 fully saturated rings. The predicted octanol–water partition coefficient (Wildman–Crippen LogP) is 2.05. The first-order chi connectivity index (χ1) is 8.11. The lowest BCUT2D eigenvalue weighted by atomic mass is 9.89. The molecule has 0 spiro atoms. The van der Waals surface area contributed by atoms with Gasteiger partial charge in [0.15, 0.2) is 5.11 Å². The molecule has 2 N–H and O–H groups in total. The van der Waals surface area contributed by atoms with E-state index < -0.39 is 0 Å². The Kier molecular flexibility index (Phi) is 6.44. The van der Waals surface area contributed by atoms with Crippen LogP contribution in [0.5, 0.6) is 0 Å². The van der Waals surface area contributed by atoms with Crippen molar-refractivity contribution in [1.29, 1.82) is 0 Å². The van der Waals surface area contributed by atoms with E-state index in [9.17, 15) is 0 Å². The number of rotatable bonds is 4. The van der Waals surface area contributed by atoms with Crippen LogP contribution in [0.1, 0.15) is 39.5 Å². The van der Waals surface area contributed by atoms with E-state index in [1.54, 1.807) is 7.11 Å². The molecular weight excluding hydrogens is 234 g/mol. The lowest BCUT2D eigenvalue weighted by molar-refractivity contribution is 0.179. The van der Waals surface area contributed by atoms with Crippen molar-refractivity contribution in [3.05, 3.63) is 0 Å². The van der Waals surface area contributed by atoms with E-state index in [-0.39, 0.29) is 6.04 Å². The fourth-order valence-corrected chi connectivity index (χ4v) is 2.29. The average molecular weight is 257 g/mol. The van der Waals surface area contributed by atoms with Crippen LogP contribution in [-0.2, 0) is 4.74 Å². The Labute approximate surface area is 109 Å². The van der Waals surface area contributed by atoms with Gasteiger partial charge in [0.2, 0.25) is 0 Å². The maximum Gasteiger partial charge on any atom is 0.187 e. The summed E-state index contributed by atoms with van der Waals surface area (Å²) in [5.74, 6) is 0.748. The Morgan fingerprint density at radius 3 is 3.06 bits per heavy atom. The SMILES string of the molecule is COC[C@@H](C)NC(=S)N/N=C1/CCC[C@H](C)C1. The van der Waals surface area contributed by atoms with Crippen LogP contribution < -0.4 is 10.7 Å².